The Morgan fingerprint density at radius 1 is 0.950 bits per heavy atom. The van der Waals surface area contributed by atoms with E-state index < -0.39 is 0 Å². The summed E-state index contributed by atoms with van der Waals surface area (Å²) in [7, 11) is 0. The van der Waals surface area contributed by atoms with Crippen molar-refractivity contribution in [2.75, 3.05) is 0 Å². The molecule has 0 aliphatic rings. The summed E-state index contributed by atoms with van der Waals surface area (Å²) < 4.78 is 2.13. The molecule has 0 aliphatic heterocycles. The van der Waals surface area contributed by atoms with Gasteiger partial charge in [-0.1, -0.05) is 24.3 Å². The highest BCUT2D eigenvalue weighted by Gasteiger charge is 2.07. The lowest BCUT2D eigenvalue weighted by Crippen LogP contribution is -2.06. The molecular formula is C16H16N4. The van der Waals surface area contributed by atoms with Crippen LogP contribution < -0.4 is 5.73 Å². The van der Waals surface area contributed by atoms with Gasteiger partial charge in [-0.05, 0) is 23.3 Å². The average molecular weight is 264 g/mol. The van der Waals surface area contributed by atoms with E-state index in [9.17, 15) is 0 Å². The van der Waals surface area contributed by atoms with Crippen LogP contribution in [0.25, 0.3) is 11.3 Å². The molecule has 0 radical (unpaired) electrons. The molecule has 3 aromatic rings. The lowest BCUT2D eigenvalue weighted by molar-refractivity contribution is 0.791. The molecule has 2 N–H and O–H groups in total. The first-order chi connectivity index (χ1) is 9.88. The smallest absolute Gasteiger partial charge is 0.0954 e. The molecule has 20 heavy (non-hydrogen) atoms. The molecule has 100 valence electrons. The van der Waals surface area contributed by atoms with Gasteiger partial charge in [0, 0.05) is 31.0 Å². The van der Waals surface area contributed by atoms with Crippen molar-refractivity contribution >= 4 is 0 Å². The molecule has 2 heterocycles. The summed E-state index contributed by atoms with van der Waals surface area (Å²) in [6.07, 6.45) is 7.31. The van der Waals surface area contributed by atoms with Crippen LogP contribution in [0.1, 0.15) is 11.1 Å². The summed E-state index contributed by atoms with van der Waals surface area (Å²) in [5, 5.41) is 0. The Labute approximate surface area is 117 Å². The SMILES string of the molecule is NCc1ccccc1Cn1cncc1-c1ccncc1. The summed E-state index contributed by atoms with van der Waals surface area (Å²) in [6, 6.07) is 12.2. The Balaban J connectivity index is 1.95. The first kappa shape index (κ1) is 12.6. The standard InChI is InChI=1S/C16H16N4/c17-9-14-3-1-2-4-15(14)11-20-12-19-10-16(20)13-5-7-18-8-6-13/h1-8,10,12H,9,11,17H2. The van der Waals surface area contributed by atoms with Crippen molar-refractivity contribution in [2.45, 2.75) is 13.1 Å². The third kappa shape index (κ3) is 2.46. The van der Waals surface area contributed by atoms with E-state index in [2.05, 4.69) is 26.7 Å². The van der Waals surface area contributed by atoms with Crippen molar-refractivity contribution in [1.82, 2.24) is 14.5 Å². The van der Waals surface area contributed by atoms with Crippen LogP contribution in [0, 0.1) is 0 Å². The van der Waals surface area contributed by atoms with E-state index in [1.165, 1.54) is 11.1 Å². The van der Waals surface area contributed by atoms with Gasteiger partial charge < -0.3 is 10.3 Å². The second kappa shape index (κ2) is 5.67. The number of pyridine rings is 1. The summed E-state index contributed by atoms with van der Waals surface area (Å²) in [5.41, 5.74) is 10.4. The zero-order valence-electron chi connectivity index (χ0n) is 11.1. The van der Waals surface area contributed by atoms with Crippen LogP contribution in [0.3, 0.4) is 0 Å². The highest BCUT2D eigenvalue weighted by atomic mass is 15.0. The van der Waals surface area contributed by atoms with Crippen molar-refractivity contribution in [3.05, 3.63) is 72.4 Å². The fourth-order valence-corrected chi connectivity index (χ4v) is 2.30. The molecule has 0 unspecified atom stereocenters. The fraction of sp³-hybridized carbons (Fsp3) is 0.125. The normalized spacial score (nSPS) is 10.7. The summed E-state index contributed by atoms with van der Waals surface area (Å²) in [6.45, 7) is 1.32. The number of benzene rings is 1. The van der Waals surface area contributed by atoms with Crippen molar-refractivity contribution in [3.8, 4) is 11.3 Å². The quantitative estimate of drug-likeness (QED) is 0.787. The van der Waals surface area contributed by atoms with Gasteiger partial charge in [0.1, 0.15) is 0 Å². The van der Waals surface area contributed by atoms with Gasteiger partial charge in [0.15, 0.2) is 0 Å². The van der Waals surface area contributed by atoms with Crippen LogP contribution in [0.5, 0.6) is 0 Å². The molecule has 0 aliphatic carbocycles. The third-order valence-corrected chi connectivity index (χ3v) is 3.37. The topological polar surface area (TPSA) is 56.7 Å². The van der Waals surface area contributed by atoms with Crippen LogP contribution in [0.4, 0.5) is 0 Å². The van der Waals surface area contributed by atoms with Gasteiger partial charge in [0.05, 0.1) is 18.2 Å². The van der Waals surface area contributed by atoms with E-state index in [0.717, 1.165) is 17.8 Å². The molecule has 1 aromatic carbocycles. The Bertz CT molecular complexity index is 688. The van der Waals surface area contributed by atoms with Crippen molar-refractivity contribution < 1.29 is 0 Å². The minimum Gasteiger partial charge on any atom is -0.326 e. The predicted molar refractivity (Wildman–Crippen MR) is 78.9 cm³/mol. The largest absolute Gasteiger partial charge is 0.326 e. The average Bonchev–Trinajstić information content (AvgIpc) is 2.97. The molecule has 0 bridgehead atoms. The number of imidazole rings is 1. The predicted octanol–water partition coefficient (Wildman–Crippen LogP) is 2.45. The number of nitrogens with two attached hydrogens (primary N) is 1. The van der Waals surface area contributed by atoms with Crippen molar-refractivity contribution in [3.63, 3.8) is 0 Å². The van der Waals surface area contributed by atoms with Gasteiger partial charge in [-0.25, -0.2) is 4.98 Å². The van der Waals surface area contributed by atoms with Gasteiger partial charge in [-0.3, -0.25) is 4.98 Å². The van der Waals surface area contributed by atoms with E-state index in [0.29, 0.717) is 6.54 Å². The summed E-state index contributed by atoms with van der Waals surface area (Å²) >= 11 is 0. The number of hydrogen-bond acceptors (Lipinski definition) is 3. The molecule has 4 nitrogen and oxygen atoms in total. The number of hydrogen-bond donors (Lipinski definition) is 1. The second-order valence-corrected chi connectivity index (χ2v) is 4.62. The molecule has 0 amide bonds. The lowest BCUT2D eigenvalue weighted by atomic mass is 10.1. The maximum Gasteiger partial charge on any atom is 0.0954 e. The molecule has 0 fully saturated rings. The maximum atomic E-state index is 5.80. The molecule has 0 saturated heterocycles. The van der Waals surface area contributed by atoms with E-state index in [1.54, 1.807) is 12.4 Å². The van der Waals surface area contributed by atoms with Gasteiger partial charge >= 0.3 is 0 Å². The van der Waals surface area contributed by atoms with Gasteiger partial charge in [0.2, 0.25) is 0 Å². The van der Waals surface area contributed by atoms with Crippen molar-refractivity contribution in [2.24, 2.45) is 5.73 Å². The number of nitrogens with zero attached hydrogens (tertiary/aromatic N) is 3. The highest BCUT2D eigenvalue weighted by Crippen LogP contribution is 2.20. The molecule has 3 rings (SSSR count). The molecule has 0 spiro atoms. The third-order valence-electron chi connectivity index (χ3n) is 3.37. The molecule has 4 heteroatoms. The Hall–Kier alpha value is -2.46. The van der Waals surface area contributed by atoms with E-state index in [1.807, 2.05) is 36.8 Å². The zero-order valence-corrected chi connectivity index (χ0v) is 11.1. The number of rotatable bonds is 4. The maximum absolute atomic E-state index is 5.80. The molecule has 0 saturated carbocycles. The lowest BCUT2D eigenvalue weighted by Gasteiger charge is -2.11. The monoisotopic (exact) mass is 264 g/mol. The minimum atomic E-state index is 0.551. The molecule has 2 aromatic heterocycles. The molecule has 0 atom stereocenters. The Morgan fingerprint density at radius 3 is 2.45 bits per heavy atom. The minimum absolute atomic E-state index is 0.551. The van der Waals surface area contributed by atoms with Crippen LogP contribution in [-0.4, -0.2) is 14.5 Å². The van der Waals surface area contributed by atoms with Crippen LogP contribution in [-0.2, 0) is 13.1 Å². The van der Waals surface area contributed by atoms with Gasteiger partial charge in [-0.15, -0.1) is 0 Å². The Kier molecular flexibility index (Phi) is 3.56. The van der Waals surface area contributed by atoms with E-state index in [-0.39, 0.29) is 0 Å². The summed E-state index contributed by atoms with van der Waals surface area (Å²) in [4.78, 5) is 8.31. The van der Waals surface area contributed by atoms with Crippen LogP contribution in [0.15, 0.2) is 61.3 Å². The molecular weight excluding hydrogens is 248 g/mol. The second-order valence-electron chi connectivity index (χ2n) is 4.62. The van der Waals surface area contributed by atoms with Crippen LogP contribution in [0.2, 0.25) is 0 Å². The zero-order chi connectivity index (χ0) is 13.8. The highest BCUT2D eigenvalue weighted by molar-refractivity contribution is 5.58. The number of aromatic nitrogens is 3. The van der Waals surface area contributed by atoms with Gasteiger partial charge in [-0.2, -0.15) is 0 Å². The first-order valence-electron chi connectivity index (χ1n) is 6.56. The van der Waals surface area contributed by atoms with E-state index >= 15 is 0 Å². The summed E-state index contributed by atoms with van der Waals surface area (Å²) in [5.74, 6) is 0. The van der Waals surface area contributed by atoms with Gasteiger partial charge in [0.25, 0.3) is 0 Å². The van der Waals surface area contributed by atoms with Crippen molar-refractivity contribution in [1.29, 1.82) is 0 Å². The fourth-order valence-electron chi connectivity index (χ4n) is 2.30. The van der Waals surface area contributed by atoms with Crippen LogP contribution >= 0.6 is 0 Å². The van der Waals surface area contributed by atoms with E-state index in [4.69, 9.17) is 5.73 Å². The first-order valence-corrected chi connectivity index (χ1v) is 6.56. The Morgan fingerprint density at radius 2 is 1.70 bits per heavy atom.